The van der Waals surface area contributed by atoms with E-state index < -0.39 is 22.0 Å². The Balaban J connectivity index is 1.98. The van der Waals surface area contributed by atoms with E-state index in [1.165, 1.54) is 23.1 Å². The molecule has 8 heteroatoms. The van der Waals surface area contributed by atoms with Gasteiger partial charge < -0.3 is 9.66 Å². The van der Waals surface area contributed by atoms with E-state index in [0.717, 1.165) is 14.6 Å². The summed E-state index contributed by atoms with van der Waals surface area (Å²) in [5, 5.41) is 9.40. The predicted molar refractivity (Wildman–Crippen MR) is 70.9 cm³/mol. The highest BCUT2D eigenvalue weighted by Gasteiger charge is 2.11. The van der Waals surface area contributed by atoms with Gasteiger partial charge in [0.05, 0.1) is 32.2 Å². The van der Waals surface area contributed by atoms with Gasteiger partial charge in [0.2, 0.25) is 0 Å². The molecule has 0 spiro atoms. The molecule has 0 saturated carbocycles. The monoisotopic (exact) mass is 304 g/mol. The standard InChI is InChI=1S/C10H11NO4S3/c12-7(6-18(13,14)15)5-16-10-11-8-3-1-2-4-9(8)17-10/h1-4,7,12H,5-6H2,(H,13,14,15)/p-1. The SMILES string of the molecule is O=S(=O)([O-])CC(O)CSc1nc2ccccc2s1. The molecule has 0 aliphatic rings. The normalized spacial score (nSPS) is 13.9. The Hall–Kier alpha value is -0.670. The summed E-state index contributed by atoms with van der Waals surface area (Å²) in [6, 6.07) is 7.62. The van der Waals surface area contributed by atoms with Crippen molar-refractivity contribution in [2.24, 2.45) is 0 Å². The molecular weight excluding hydrogens is 294 g/mol. The minimum atomic E-state index is -4.38. The first-order chi connectivity index (χ1) is 8.44. The summed E-state index contributed by atoms with van der Waals surface area (Å²) < 4.78 is 33.2. The number of aliphatic hydroxyl groups is 1. The molecule has 98 valence electrons. The van der Waals surface area contributed by atoms with Gasteiger partial charge in [0.1, 0.15) is 0 Å². The molecule has 1 N–H and O–H groups in total. The van der Waals surface area contributed by atoms with E-state index >= 15 is 0 Å². The molecule has 0 radical (unpaired) electrons. The highest BCUT2D eigenvalue weighted by molar-refractivity contribution is 8.01. The summed E-state index contributed by atoms with van der Waals surface area (Å²) in [7, 11) is -4.38. The molecule has 1 aromatic carbocycles. The van der Waals surface area contributed by atoms with Gasteiger partial charge >= 0.3 is 0 Å². The first-order valence-corrected chi connectivity index (χ1v) is 8.42. The van der Waals surface area contributed by atoms with Gasteiger partial charge in [-0.15, -0.1) is 11.3 Å². The summed E-state index contributed by atoms with van der Waals surface area (Å²) in [5.74, 6) is -0.619. The highest BCUT2D eigenvalue weighted by Crippen LogP contribution is 2.29. The van der Waals surface area contributed by atoms with E-state index in [0.29, 0.717) is 0 Å². The highest BCUT2D eigenvalue weighted by atomic mass is 32.2. The second-order valence-electron chi connectivity index (χ2n) is 3.64. The van der Waals surface area contributed by atoms with Crippen LogP contribution >= 0.6 is 23.1 Å². The Labute approximate surface area is 113 Å². The van der Waals surface area contributed by atoms with Crippen LogP contribution in [-0.4, -0.2) is 40.7 Å². The summed E-state index contributed by atoms with van der Waals surface area (Å²) in [6.07, 6.45) is -1.16. The van der Waals surface area contributed by atoms with Crippen LogP contribution in [0.15, 0.2) is 28.6 Å². The fourth-order valence-electron chi connectivity index (χ4n) is 1.36. The first kappa shape index (κ1) is 13.8. The van der Waals surface area contributed by atoms with Crippen LogP contribution in [0, 0.1) is 0 Å². The number of rotatable bonds is 5. The molecule has 1 aromatic heterocycles. The second-order valence-corrected chi connectivity index (χ2v) is 7.38. The largest absolute Gasteiger partial charge is 0.748 e. The Kier molecular flexibility index (Phi) is 4.23. The lowest BCUT2D eigenvalue weighted by Crippen LogP contribution is -2.22. The number of hydrogen-bond donors (Lipinski definition) is 1. The summed E-state index contributed by atoms with van der Waals surface area (Å²) >= 11 is 2.72. The zero-order chi connectivity index (χ0) is 13.2. The van der Waals surface area contributed by atoms with E-state index in [-0.39, 0.29) is 5.75 Å². The van der Waals surface area contributed by atoms with Crippen LogP contribution in [0.3, 0.4) is 0 Å². The van der Waals surface area contributed by atoms with E-state index in [1.54, 1.807) is 0 Å². The van der Waals surface area contributed by atoms with Crippen LogP contribution in [0.4, 0.5) is 0 Å². The van der Waals surface area contributed by atoms with Gasteiger partial charge in [-0.2, -0.15) is 0 Å². The number of benzene rings is 1. The third kappa shape index (κ3) is 3.92. The summed E-state index contributed by atoms with van der Waals surface area (Å²) in [5.41, 5.74) is 0.871. The average molecular weight is 304 g/mol. The molecule has 0 amide bonds. The molecule has 18 heavy (non-hydrogen) atoms. The summed E-state index contributed by atoms with van der Waals surface area (Å²) in [6.45, 7) is 0. The van der Waals surface area contributed by atoms with E-state index in [4.69, 9.17) is 0 Å². The van der Waals surface area contributed by atoms with Crippen molar-refractivity contribution in [3.05, 3.63) is 24.3 Å². The molecule has 2 aromatic rings. The minimum Gasteiger partial charge on any atom is -0.748 e. The molecule has 0 aliphatic heterocycles. The number of hydrogen-bond acceptors (Lipinski definition) is 7. The third-order valence-corrected chi connectivity index (χ3v) is 5.19. The molecular formula is C10H10NO4S3-. The molecule has 0 aliphatic carbocycles. The average Bonchev–Trinajstić information content (AvgIpc) is 2.66. The van der Waals surface area contributed by atoms with Crippen molar-refractivity contribution in [2.45, 2.75) is 10.4 Å². The van der Waals surface area contributed by atoms with Crippen LogP contribution in [-0.2, 0) is 10.1 Å². The Bertz CT molecular complexity index is 604. The van der Waals surface area contributed by atoms with E-state index in [1.807, 2.05) is 24.3 Å². The number of aliphatic hydroxyl groups excluding tert-OH is 1. The molecule has 0 saturated heterocycles. The number of thioether (sulfide) groups is 1. The van der Waals surface area contributed by atoms with Crippen molar-refractivity contribution in [1.82, 2.24) is 4.98 Å². The molecule has 5 nitrogen and oxygen atoms in total. The lowest BCUT2D eigenvalue weighted by molar-refractivity contribution is 0.219. The van der Waals surface area contributed by atoms with Crippen LogP contribution in [0.5, 0.6) is 0 Å². The zero-order valence-electron chi connectivity index (χ0n) is 9.14. The van der Waals surface area contributed by atoms with Crippen LogP contribution in [0.1, 0.15) is 0 Å². The molecule has 0 fully saturated rings. The van der Waals surface area contributed by atoms with Crippen molar-refractivity contribution in [3.63, 3.8) is 0 Å². The minimum absolute atomic E-state index is 0.140. The fourth-order valence-corrected chi connectivity index (χ4v) is 4.12. The fraction of sp³-hybridized carbons (Fsp3) is 0.300. The summed E-state index contributed by atoms with van der Waals surface area (Å²) in [4.78, 5) is 4.32. The van der Waals surface area contributed by atoms with Gasteiger partial charge in [-0.05, 0) is 12.1 Å². The van der Waals surface area contributed by atoms with Gasteiger partial charge in [0.25, 0.3) is 0 Å². The lowest BCUT2D eigenvalue weighted by atomic mass is 10.3. The molecule has 1 heterocycles. The number of thiazole rings is 1. The van der Waals surface area contributed by atoms with Crippen molar-refractivity contribution in [2.75, 3.05) is 11.5 Å². The van der Waals surface area contributed by atoms with Crippen LogP contribution in [0.2, 0.25) is 0 Å². The number of fused-ring (bicyclic) bond motifs is 1. The second kappa shape index (κ2) is 5.54. The maximum atomic E-state index is 10.5. The Morgan fingerprint density at radius 1 is 1.44 bits per heavy atom. The topological polar surface area (TPSA) is 90.3 Å². The third-order valence-electron chi connectivity index (χ3n) is 2.07. The Morgan fingerprint density at radius 3 is 2.83 bits per heavy atom. The predicted octanol–water partition coefficient (Wildman–Crippen LogP) is 1.29. The van der Waals surface area contributed by atoms with Crippen LogP contribution in [0.25, 0.3) is 10.2 Å². The van der Waals surface area contributed by atoms with E-state index in [2.05, 4.69) is 4.98 Å². The quantitative estimate of drug-likeness (QED) is 0.661. The van der Waals surface area contributed by atoms with Crippen molar-refractivity contribution in [3.8, 4) is 0 Å². The first-order valence-electron chi connectivity index (χ1n) is 5.04. The molecule has 2 rings (SSSR count). The molecule has 0 bridgehead atoms. The van der Waals surface area contributed by atoms with E-state index in [9.17, 15) is 18.1 Å². The van der Waals surface area contributed by atoms with Gasteiger partial charge in [-0.3, -0.25) is 0 Å². The van der Waals surface area contributed by atoms with Gasteiger partial charge in [0, 0.05) is 5.75 Å². The zero-order valence-corrected chi connectivity index (χ0v) is 11.6. The van der Waals surface area contributed by atoms with Gasteiger partial charge in [-0.1, -0.05) is 23.9 Å². The molecule has 1 atom stereocenters. The van der Waals surface area contributed by atoms with Crippen molar-refractivity contribution >= 4 is 43.4 Å². The molecule has 1 unspecified atom stereocenters. The van der Waals surface area contributed by atoms with Crippen LogP contribution < -0.4 is 0 Å². The smallest absolute Gasteiger partial charge is 0.151 e. The number of para-hydroxylation sites is 1. The maximum Gasteiger partial charge on any atom is 0.151 e. The lowest BCUT2D eigenvalue weighted by Gasteiger charge is -2.11. The maximum absolute atomic E-state index is 10.5. The Morgan fingerprint density at radius 2 is 2.17 bits per heavy atom. The van der Waals surface area contributed by atoms with Gasteiger partial charge in [0.15, 0.2) is 4.34 Å². The number of nitrogens with zero attached hydrogens (tertiary/aromatic N) is 1. The van der Waals surface area contributed by atoms with Gasteiger partial charge in [-0.25, -0.2) is 13.4 Å². The number of aromatic nitrogens is 1. The van der Waals surface area contributed by atoms with Crippen molar-refractivity contribution < 1.29 is 18.1 Å². The van der Waals surface area contributed by atoms with Crippen molar-refractivity contribution in [1.29, 1.82) is 0 Å².